The van der Waals surface area contributed by atoms with E-state index in [1.165, 1.54) is 0 Å². The molecule has 3 N–H and O–H groups in total. The minimum Gasteiger partial charge on any atom is -0.399 e. The molecule has 0 aliphatic heterocycles. The molecule has 0 aliphatic rings. The first-order valence-corrected chi connectivity index (χ1v) is 7.31. The number of nitrogen functional groups attached to an aromatic ring is 1. The van der Waals surface area contributed by atoms with Crippen molar-refractivity contribution in [1.29, 1.82) is 0 Å². The Bertz CT molecular complexity index is 614. The van der Waals surface area contributed by atoms with E-state index >= 15 is 0 Å². The molecule has 1 amide bonds. The van der Waals surface area contributed by atoms with E-state index in [9.17, 15) is 4.79 Å². The molecule has 0 spiro atoms. The van der Waals surface area contributed by atoms with E-state index in [-0.39, 0.29) is 5.91 Å². The summed E-state index contributed by atoms with van der Waals surface area (Å²) >= 11 is 9.37. The van der Waals surface area contributed by atoms with Crippen molar-refractivity contribution in [2.24, 2.45) is 0 Å². The third kappa shape index (κ3) is 4.25. The number of carbonyl (C=O) groups is 1. The highest BCUT2D eigenvalue weighted by Crippen LogP contribution is 2.25. The van der Waals surface area contributed by atoms with Crippen molar-refractivity contribution in [2.45, 2.75) is 12.8 Å². The summed E-state index contributed by atoms with van der Waals surface area (Å²) in [6.07, 6.45) is 1.06. The predicted octanol–water partition coefficient (Wildman–Crippen LogP) is 4.26. The third-order valence-corrected chi connectivity index (χ3v) is 3.65. The Morgan fingerprint density at radius 2 is 1.90 bits per heavy atom. The van der Waals surface area contributed by atoms with E-state index < -0.39 is 0 Å². The van der Waals surface area contributed by atoms with Gasteiger partial charge in [0.25, 0.3) is 0 Å². The average Bonchev–Trinajstić information content (AvgIpc) is 2.42. The highest BCUT2D eigenvalue weighted by molar-refractivity contribution is 9.10. The molecular weight excluding hydrogens is 340 g/mol. The molecule has 0 fully saturated rings. The number of carbonyl (C=O) groups excluding carboxylic acids is 1. The maximum absolute atomic E-state index is 11.9. The minimum absolute atomic E-state index is 0.0678. The van der Waals surface area contributed by atoms with E-state index in [1.54, 1.807) is 12.1 Å². The SMILES string of the molecule is Nc1ccc(CCC(=O)Nc2cc(Br)ccc2Cl)cc1. The van der Waals surface area contributed by atoms with Gasteiger partial charge < -0.3 is 11.1 Å². The molecule has 0 heterocycles. The lowest BCUT2D eigenvalue weighted by Crippen LogP contribution is -2.12. The molecular formula is C15H14BrClN2O. The summed E-state index contributed by atoms with van der Waals surface area (Å²) in [5.41, 5.74) is 8.03. The average molecular weight is 354 g/mol. The summed E-state index contributed by atoms with van der Waals surface area (Å²) in [4.78, 5) is 11.9. The van der Waals surface area contributed by atoms with Gasteiger partial charge in [-0.05, 0) is 42.3 Å². The van der Waals surface area contributed by atoms with E-state index in [4.69, 9.17) is 17.3 Å². The molecule has 5 heteroatoms. The quantitative estimate of drug-likeness (QED) is 0.807. The lowest BCUT2D eigenvalue weighted by atomic mass is 10.1. The second-order valence-electron chi connectivity index (χ2n) is 4.41. The van der Waals surface area contributed by atoms with Gasteiger partial charge in [0.2, 0.25) is 5.91 Å². The number of halogens is 2. The molecule has 3 nitrogen and oxygen atoms in total. The zero-order chi connectivity index (χ0) is 14.5. The van der Waals surface area contributed by atoms with Crippen molar-refractivity contribution in [1.82, 2.24) is 0 Å². The Labute approximate surface area is 131 Å². The summed E-state index contributed by atoms with van der Waals surface area (Å²) in [5.74, 6) is -0.0678. The fourth-order valence-electron chi connectivity index (χ4n) is 1.75. The first-order chi connectivity index (χ1) is 9.54. The minimum atomic E-state index is -0.0678. The van der Waals surface area contributed by atoms with Crippen LogP contribution < -0.4 is 11.1 Å². The maximum atomic E-state index is 11.9. The number of anilines is 2. The second kappa shape index (κ2) is 6.77. The number of nitrogens with one attached hydrogen (secondary N) is 1. The Balaban J connectivity index is 1.92. The topological polar surface area (TPSA) is 55.1 Å². The lowest BCUT2D eigenvalue weighted by Gasteiger charge is -2.08. The van der Waals surface area contributed by atoms with Gasteiger partial charge in [0.15, 0.2) is 0 Å². The first-order valence-electron chi connectivity index (χ1n) is 6.14. The van der Waals surface area contributed by atoms with Crippen molar-refractivity contribution < 1.29 is 4.79 Å². The molecule has 0 saturated heterocycles. The summed E-state index contributed by atoms with van der Waals surface area (Å²) in [6, 6.07) is 12.9. The fraction of sp³-hybridized carbons (Fsp3) is 0.133. The monoisotopic (exact) mass is 352 g/mol. The van der Waals surface area contributed by atoms with Gasteiger partial charge >= 0.3 is 0 Å². The summed E-state index contributed by atoms with van der Waals surface area (Å²) in [5, 5.41) is 3.33. The largest absolute Gasteiger partial charge is 0.399 e. The number of hydrogen-bond acceptors (Lipinski definition) is 2. The standard InChI is InChI=1S/C15H14BrClN2O/c16-11-4-7-13(17)14(9-11)19-15(20)8-3-10-1-5-12(18)6-2-10/h1-2,4-7,9H,3,8,18H2,(H,19,20). The van der Waals surface area contributed by atoms with E-state index in [2.05, 4.69) is 21.2 Å². The van der Waals surface area contributed by atoms with Gasteiger partial charge in [-0.25, -0.2) is 0 Å². The smallest absolute Gasteiger partial charge is 0.224 e. The number of hydrogen-bond donors (Lipinski definition) is 2. The molecule has 0 radical (unpaired) electrons. The van der Waals surface area contributed by atoms with Crippen LogP contribution in [0, 0.1) is 0 Å². The Hall–Kier alpha value is -1.52. The van der Waals surface area contributed by atoms with Crippen LogP contribution in [0.15, 0.2) is 46.9 Å². The highest BCUT2D eigenvalue weighted by atomic mass is 79.9. The van der Waals surface area contributed by atoms with Crippen LogP contribution in [0.3, 0.4) is 0 Å². The highest BCUT2D eigenvalue weighted by Gasteiger charge is 2.07. The van der Waals surface area contributed by atoms with E-state index in [1.807, 2.05) is 30.3 Å². The van der Waals surface area contributed by atoms with Gasteiger partial charge in [0, 0.05) is 16.6 Å². The van der Waals surface area contributed by atoms with Crippen LogP contribution in [0.4, 0.5) is 11.4 Å². The lowest BCUT2D eigenvalue weighted by molar-refractivity contribution is -0.116. The molecule has 0 unspecified atom stereocenters. The zero-order valence-electron chi connectivity index (χ0n) is 10.7. The van der Waals surface area contributed by atoms with Crippen molar-refractivity contribution in [2.75, 3.05) is 11.1 Å². The number of aryl methyl sites for hydroxylation is 1. The van der Waals surface area contributed by atoms with Crippen molar-refractivity contribution in [3.05, 3.63) is 57.5 Å². The van der Waals surface area contributed by atoms with Gasteiger partial charge in [-0.1, -0.05) is 39.7 Å². The summed E-state index contributed by atoms with van der Waals surface area (Å²) in [7, 11) is 0. The molecule has 2 aromatic carbocycles. The molecule has 0 aliphatic carbocycles. The number of benzene rings is 2. The van der Waals surface area contributed by atoms with Gasteiger partial charge in [-0.3, -0.25) is 4.79 Å². The van der Waals surface area contributed by atoms with Crippen LogP contribution in [0.2, 0.25) is 5.02 Å². The van der Waals surface area contributed by atoms with Crippen molar-refractivity contribution >= 4 is 44.8 Å². The van der Waals surface area contributed by atoms with Crippen LogP contribution in [0.1, 0.15) is 12.0 Å². The Kier molecular flexibility index (Phi) is 5.04. The molecule has 2 rings (SSSR count). The van der Waals surface area contributed by atoms with Gasteiger partial charge in [0.05, 0.1) is 10.7 Å². The molecule has 0 saturated carbocycles. The van der Waals surface area contributed by atoms with Crippen LogP contribution in [-0.2, 0) is 11.2 Å². The molecule has 0 atom stereocenters. The van der Waals surface area contributed by atoms with Crippen LogP contribution >= 0.6 is 27.5 Å². The Morgan fingerprint density at radius 3 is 2.60 bits per heavy atom. The summed E-state index contributed by atoms with van der Waals surface area (Å²) in [6.45, 7) is 0. The van der Waals surface area contributed by atoms with Crippen LogP contribution in [-0.4, -0.2) is 5.91 Å². The van der Waals surface area contributed by atoms with E-state index in [0.717, 1.165) is 15.7 Å². The third-order valence-electron chi connectivity index (χ3n) is 2.82. The van der Waals surface area contributed by atoms with Crippen molar-refractivity contribution in [3.8, 4) is 0 Å². The maximum Gasteiger partial charge on any atom is 0.224 e. The Morgan fingerprint density at radius 1 is 1.20 bits per heavy atom. The number of rotatable bonds is 4. The van der Waals surface area contributed by atoms with E-state index in [0.29, 0.717) is 23.6 Å². The predicted molar refractivity (Wildman–Crippen MR) is 87.0 cm³/mol. The molecule has 2 aromatic rings. The molecule has 0 aromatic heterocycles. The van der Waals surface area contributed by atoms with Crippen LogP contribution in [0.25, 0.3) is 0 Å². The molecule has 20 heavy (non-hydrogen) atoms. The number of nitrogens with two attached hydrogens (primary N) is 1. The number of amides is 1. The van der Waals surface area contributed by atoms with Gasteiger partial charge in [-0.2, -0.15) is 0 Å². The van der Waals surface area contributed by atoms with Gasteiger partial charge in [-0.15, -0.1) is 0 Å². The summed E-state index contributed by atoms with van der Waals surface area (Å²) < 4.78 is 0.871. The van der Waals surface area contributed by atoms with Gasteiger partial charge in [0.1, 0.15) is 0 Å². The zero-order valence-corrected chi connectivity index (χ0v) is 13.0. The van der Waals surface area contributed by atoms with Crippen molar-refractivity contribution in [3.63, 3.8) is 0 Å². The second-order valence-corrected chi connectivity index (χ2v) is 5.74. The first kappa shape index (κ1) is 14.9. The fourth-order valence-corrected chi connectivity index (χ4v) is 2.27. The van der Waals surface area contributed by atoms with Crippen LogP contribution in [0.5, 0.6) is 0 Å². The molecule has 104 valence electrons. The molecule has 0 bridgehead atoms. The normalized spacial score (nSPS) is 10.3.